The number of ether oxygens (including phenoxy) is 1. The molecule has 35 heavy (non-hydrogen) atoms. The van der Waals surface area contributed by atoms with Crippen LogP contribution in [0.4, 0.5) is 0 Å². The van der Waals surface area contributed by atoms with Crippen molar-refractivity contribution in [3.05, 3.63) is 51.4 Å². The second-order valence-corrected chi connectivity index (χ2v) is 12.1. The van der Waals surface area contributed by atoms with Crippen LogP contribution < -0.4 is 10.9 Å². The van der Waals surface area contributed by atoms with Crippen LogP contribution >= 0.6 is 11.6 Å². The number of nitrogens with zero attached hydrogens (tertiary/aromatic N) is 3. The van der Waals surface area contributed by atoms with Crippen molar-refractivity contribution >= 4 is 34.1 Å². The summed E-state index contributed by atoms with van der Waals surface area (Å²) in [6.07, 6.45) is 1.78. The number of benzene rings is 1. The molecule has 4 rings (SSSR count). The van der Waals surface area contributed by atoms with Crippen molar-refractivity contribution in [3.63, 3.8) is 0 Å². The number of halogens is 1. The Hall–Kier alpha value is -2.56. The minimum atomic E-state index is -3.86. The van der Waals surface area contributed by atoms with Gasteiger partial charge in [-0.1, -0.05) is 11.6 Å². The van der Waals surface area contributed by atoms with E-state index >= 15 is 0 Å². The van der Waals surface area contributed by atoms with Gasteiger partial charge in [0.15, 0.2) is 9.84 Å². The maximum atomic E-state index is 13.5. The number of nitrogens with one attached hydrogen (secondary N) is 1. The zero-order valence-electron chi connectivity index (χ0n) is 19.7. The highest BCUT2D eigenvalue weighted by atomic mass is 35.5. The fourth-order valence-electron chi connectivity index (χ4n) is 4.67. The highest BCUT2D eigenvalue weighted by Crippen LogP contribution is 2.45. The van der Waals surface area contributed by atoms with E-state index in [9.17, 15) is 18.0 Å². The molecule has 1 amide bonds. The van der Waals surface area contributed by atoms with Crippen molar-refractivity contribution in [1.82, 2.24) is 15.1 Å². The number of hydrogen-bond donors (Lipinski definition) is 1. The number of carbonyl (C=O) groups is 1. The summed E-state index contributed by atoms with van der Waals surface area (Å²) in [6.45, 7) is 6.38. The average Bonchev–Trinajstić information content (AvgIpc) is 3.44. The van der Waals surface area contributed by atoms with Gasteiger partial charge < -0.3 is 15.0 Å². The largest absolute Gasteiger partial charge is 0.381 e. The third-order valence-electron chi connectivity index (χ3n) is 6.98. The van der Waals surface area contributed by atoms with Crippen LogP contribution in [0.25, 0.3) is 5.69 Å². The zero-order valence-corrected chi connectivity index (χ0v) is 21.3. The molecule has 11 heteroatoms. The molecule has 0 saturated heterocycles. The number of hydrogen-bond acceptors (Lipinski definition) is 7. The minimum absolute atomic E-state index is 0.00725. The number of rotatable bonds is 9. The summed E-state index contributed by atoms with van der Waals surface area (Å²) in [5, 5.41) is 6.32. The van der Waals surface area contributed by atoms with Crippen LogP contribution in [0.3, 0.4) is 0 Å². The Morgan fingerprint density at radius 1 is 1.31 bits per heavy atom. The van der Waals surface area contributed by atoms with Gasteiger partial charge in [0.1, 0.15) is 0 Å². The van der Waals surface area contributed by atoms with Crippen LogP contribution in [-0.4, -0.2) is 62.4 Å². The number of aromatic nitrogens is 2. The number of methoxy groups -OCH3 is 1. The first kappa shape index (κ1) is 25.5. The van der Waals surface area contributed by atoms with Crippen LogP contribution in [-0.2, 0) is 19.4 Å². The Kier molecular flexibility index (Phi) is 7.17. The first-order chi connectivity index (χ1) is 16.6. The molecular weight excluding hydrogens is 492 g/mol. The van der Waals surface area contributed by atoms with Gasteiger partial charge in [-0.05, 0) is 63.6 Å². The third kappa shape index (κ3) is 5.19. The van der Waals surface area contributed by atoms with Gasteiger partial charge in [-0.25, -0.2) is 8.42 Å². The van der Waals surface area contributed by atoms with Crippen molar-refractivity contribution in [2.75, 3.05) is 20.2 Å². The van der Waals surface area contributed by atoms with E-state index in [0.29, 0.717) is 24.5 Å². The molecule has 1 aromatic heterocycles. The second-order valence-electron chi connectivity index (χ2n) is 9.46. The smallest absolute Gasteiger partial charge is 0.271 e. The van der Waals surface area contributed by atoms with E-state index in [0.717, 1.165) is 12.8 Å². The summed E-state index contributed by atoms with van der Waals surface area (Å²) in [7, 11) is -2.37. The lowest BCUT2D eigenvalue weighted by atomic mass is 10.0. The second kappa shape index (κ2) is 9.83. The number of amides is 1. The summed E-state index contributed by atoms with van der Waals surface area (Å²) in [6, 6.07) is 7.28. The Labute approximate surface area is 209 Å². The maximum Gasteiger partial charge on any atom is 0.271 e. The molecule has 2 saturated carbocycles. The molecule has 1 aromatic carbocycles. The van der Waals surface area contributed by atoms with Gasteiger partial charge >= 0.3 is 0 Å². The minimum Gasteiger partial charge on any atom is -0.381 e. The molecule has 3 atom stereocenters. The SMILES string of the molecule is C=NCC1(CNC(=O)[C@H]2C[C@H](S(=O)(=O)c3ccc(-n4nc(C)ccc4=O)cc3Cl)CC2OC)CC1. The van der Waals surface area contributed by atoms with Gasteiger partial charge in [-0.15, -0.1) is 0 Å². The fraction of sp³-hybridized carbons (Fsp3) is 0.500. The van der Waals surface area contributed by atoms with Crippen LogP contribution in [0.15, 0.2) is 45.0 Å². The van der Waals surface area contributed by atoms with Crippen molar-refractivity contribution in [1.29, 1.82) is 0 Å². The summed E-state index contributed by atoms with van der Waals surface area (Å²) in [5.41, 5.74) is 0.621. The lowest BCUT2D eigenvalue weighted by Gasteiger charge is -2.19. The molecule has 2 aliphatic carbocycles. The lowest BCUT2D eigenvalue weighted by Crippen LogP contribution is -2.39. The molecule has 9 nitrogen and oxygen atoms in total. The number of aliphatic imine (C=N–C) groups is 1. The van der Waals surface area contributed by atoms with Gasteiger partial charge in [0, 0.05) is 31.7 Å². The van der Waals surface area contributed by atoms with E-state index in [-0.39, 0.29) is 39.6 Å². The van der Waals surface area contributed by atoms with Gasteiger partial charge in [0.05, 0.1) is 38.6 Å². The molecule has 0 bridgehead atoms. The zero-order chi connectivity index (χ0) is 25.4. The van der Waals surface area contributed by atoms with Gasteiger partial charge in [0.25, 0.3) is 5.56 Å². The predicted molar refractivity (Wildman–Crippen MR) is 133 cm³/mol. The summed E-state index contributed by atoms with van der Waals surface area (Å²) >= 11 is 6.39. The Balaban J connectivity index is 1.52. The highest BCUT2D eigenvalue weighted by molar-refractivity contribution is 7.92. The van der Waals surface area contributed by atoms with E-state index in [1.807, 2.05) is 0 Å². The van der Waals surface area contributed by atoms with Crippen molar-refractivity contribution in [2.45, 2.75) is 48.9 Å². The van der Waals surface area contributed by atoms with Crippen LogP contribution in [0, 0.1) is 18.3 Å². The first-order valence-corrected chi connectivity index (χ1v) is 13.4. The van der Waals surface area contributed by atoms with E-state index in [4.69, 9.17) is 16.3 Å². The Bertz CT molecular complexity index is 1310. The molecule has 2 fully saturated rings. The molecule has 188 valence electrons. The summed E-state index contributed by atoms with van der Waals surface area (Å²) in [4.78, 5) is 29.0. The van der Waals surface area contributed by atoms with Crippen LogP contribution in [0.1, 0.15) is 31.4 Å². The van der Waals surface area contributed by atoms with Crippen LogP contribution in [0.5, 0.6) is 0 Å². The molecular formula is C24H29ClN4O5S. The van der Waals surface area contributed by atoms with E-state index in [2.05, 4.69) is 22.1 Å². The molecule has 2 aromatic rings. The molecule has 0 spiro atoms. The van der Waals surface area contributed by atoms with E-state index in [1.165, 1.54) is 36.1 Å². The van der Waals surface area contributed by atoms with Gasteiger partial charge in [-0.2, -0.15) is 9.78 Å². The monoisotopic (exact) mass is 520 g/mol. The number of aryl methyl sites for hydroxylation is 1. The predicted octanol–water partition coefficient (Wildman–Crippen LogP) is 2.36. The highest BCUT2D eigenvalue weighted by Gasteiger charge is 2.47. The Morgan fingerprint density at radius 3 is 2.69 bits per heavy atom. The Morgan fingerprint density at radius 2 is 2.06 bits per heavy atom. The van der Waals surface area contributed by atoms with Gasteiger partial charge in [-0.3, -0.25) is 9.59 Å². The fourth-order valence-corrected chi connectivity index (χ4v) is 7.02. The maximum absolute atomic E-state index is 13.5. The van der Waals surface area contributed by atoms with Crippen molar-refractivity contribution in [3.8, 4) is 5.69 Å². The van der Waals surface area contributed by atoms with Crippen molar-refractivity contribution in [2.24, 2.45) is 16.3 Å². The van der Waals surface area contributed by atoms with Crippen LogP contribution in [0.2, 0.25) is 5.02 Å². The normalized spacial score (nSPS) is 23.1. The average molecular weight is 521 g/mol. The molecule has 1 N–H and O–H groups in total. The topological polar surface area (TPSA) is 120 Å². The molecule has 2 aliphatic rings. The summed E-state index contributed by atoms with van der Waals surface area (Å²) < 4.78 is 33.7. The quantitative estimate of drug-likeness (QED) is 0.507. The molecule has 1 heterocycles. The van der Waals surface area contributed by atoms with Crippen molar-refractivity contribution < 1.29 is 17.9 Å². The van der Waals surface area contributed by atoms with E-state index in [1.54, 1.807) is 13.0 Å². The molecule has 1 unspecified atom stereocenters. The third-order valence-corrected chi connectivity index (χ3v) is 9.64. The van der Waals surface area contributed by atoms with E-state index < -0.39 is 27.1 Å². The van der Waals surface area contributed by atoms with Gasteiger partial charge in [0.2, 0.25) is 5.91 Å². The first-order valence-electron chi connectivity index (χ1n) is 11.4. The molecule has 0 radical (unpaired) electrons. The standard InChI is InChI=1S/C24H29ClN4O5S/c1-15-4-7-22(30)29(28-15)16-5-6-21(19(25)10-16)35(32,33)17-11-18(20(12-17)34-3)23(31)27-14-24(8-9-24)13-26-2/h4-7,10,17-18,20H,2,8-9,11-14H2,1,3H3,(H,27,31)/t17-,18-,20?/m0/s1. The number of carbonyl (C=O) groups excluding carboxylic acids is 1. The summed E-state index contributed by atoms with van der Waals surface area (Å²) in [5.74, 6) is -0.795. The lowest BCUT2D eigenvalue weighted by molar-refractivity contribution is -0.128. The molecule has 0 aliphatic heterocycles. The number of sulfone groups is 1.